The number of benzene rings is 1. The summed E-state index contributed by atoms with van der Waals surface area (Å²) in [6.45, 7) is 7.16. The van der Waals surface area contributed by atoms with Crippen LogP contribution in [0.15, 0.2) is 30.6 Å². The molecule has 7 heteroatoms. The molecule has 0 unspecified atom stereocenters. The zero-order chi connectivity index (χ0) is 18.5. The number of nitrogens with zero attached hydrogens (tertiary/aromatic N) is 4. The summed E-state index contributed by atoms with van der Waals surface area (Å²) in [5.74, 6) is 1.66. The maximum Gasteiger partial charge on any atom is 0.257 e. The van der Waals surface area contributed by atoms with E-state index in [-0.39, 0.29) is 5.91 Å². The Kier molecular flexibility index (Phi) is 6.16. The number of aromatic nitrogens is 2. The maximum absolute atomic E-state index is 12.8. The molecule has 0 saturated carbocycles. The van der Waals surface area contributed by atoms with Crippen LogP contribution in [0.5, 0.6) is 5.75 Å². The first-order valence-electron chi connectivity index (χ1n) is 8.97. The molecule has 2 heterocycles. The second kappa shape index (κ2) is 8.56. The zero-order valence-corrected chi connectivity index (χ0v) is 16.1. The van der Waals surface area contributed by atoms with E-state index in [2.05, 4.69) is 21.4 Å². The molecule has 0 radical (unpaired) electrons. The largest absolute Gasteiger partial charge is 0.496 e. The van der Waals surface area contributed by atoms with Gasteiger partial charge in [0.2, 0.25) is 0 Å². The quantitative estimate of drug-likeness (QED) is 0.777. The first-order valence-corrected chi connectivity index (χ1v) is 9.35. The van der Waals surface area contributed by atoms with Gasteiger partial charge in [-0.25, -0.2) is 4.98 Å². The number of ether oxygens (including phenoxy) is 1. The van der Waals surface area contributed by atoms with Gasteiger partial charge in [-0.3, -0.25) is 9.69 Å². The molecule has 6 nitrogen and oxygen atoms in total. The van der Waals surface area contributed by atoms with E-state index >= 15 is 0 Å². The summed E-state index contributed by atoms with van der Waals surface area (Å²) in [6.07, 6.45) is 4.83. The summed E-state index contributed by atoms with van der Waals surface area (Å²) in [6, 6.07) is 5.15. The number of piperazine rings is 1. The Bertz CT molecular complexity index is 754. The average Bonchev–Trinajstić information content (AvgIpc) is 3.13. The Balaban J connectivity index is 1.55. The van der Waals surface area contributed by atoms with Gasteiger partial charge in [0.1, 0.15) is 11.6 Å². The molecular weight excluding hydrogens is 352 g/mol. The maximum atomic E-state index is 12.8. The number of carbonyl (C=O) groups is 1. The molecule has 0 N–H and O–H groups in total. The van der Waals surface area contributed by atoms with Crippen LogP contribution in [0.4, 0.5) is 0 Å². The average molecular weight is 377 g/mol. The summed E-state index contributed by atoms with van der Waals surface area (Å²) in [7, 11) is 1.57. The third-order valence-electron chi connectivity index (χ3n) is 4.83. The minimum absolute atomic E-state index is 0.0214. The number of methoxy groups -OCH3 is 1. The fourth-order valence-corrected chi connectivity index (χ4v) is 3.47. The number of hydrogen-bond donors (Lipinski definition) is 0. The molecule has 1 aromatic heterocycles. The van der Waals surface area contributed by atoms with Gasteiger partial charge in [0.15, 0.2) is 0 Å². The van der Waals surface area contributed by atoms with E-state index in [4.69, 9.17) is 16.3 Å². The topological polar surface area (TPSA) is 50.6 Å². The van der Waals surface area contributed by atoms with Crippen LogP contribution in [0, 0.1) is 0 Å². The van der Waals surface area contributed by atoms with Crippen molar-refractivity contribution in [3.63, 3.8) is 0 Å². The van der Waals surface area contributed by atoms with E-state index in [1.165, 1.54) is 0 Å². The summed E-state index contributed by atoms with van der Waals surface area (Å²) >= 11 is 6.05. The first kappa shape index (κ1) is 18.7. The smallest absolute Gasteiger partial charge is 0.257 e. The van der Waals surface area contributed by atoms with Gasteiger partial charge < -0.3 is 14.2 Å². The molecule has 0 spiro atoms. The standard InChI is InChI=1S/C19H25ClN4O2/c1-3-18-21-6-7-23(18)11-8-22-9-12-24(13-10-22)19(25)16-14-15(20)4-5-17(16)26-2/h4-7,14H,3,8-13H2,1-2H3. The van der Waals surface area contributed by atoms with Gasteiger partial charge >= 0.3 is 0 Å². The molecule has 1 amide bonds. The Hall–Kier alpha value is -2.05. The van der Waals surface area contributed by atoms with Crippen molar-refractivity contribution in [3.05, 3.63) is 47.0 Å². The molecule has 26 heavy (non-hydrogen) atoms. The predicted octanol–water partition coefficient (Wildman–Crippen LogP) is 2.57. The van der Waals surface area contributed by atoms with Gasteiger partial charge in [-0.2, -0.15) is 0 Å². The van der Waals surface area contributed by atoms with Gasteiger partial charge in [-0.15, -0.1) is 0 Å². The molecule has 0 bridgehead atoms. The number of hydrogen-bond acceptors (Lipinski definition) is 4. The van der Waals surface area contributed by atoms with E-state index in [0.717, 1.165) is 38.4 Å². The lowest BCUT2D eigenvalue weighted by atomic mass is 10.1. The highest BCUT2D eigenvalue weighted by molar-refractivity contribution is 6.31. The number of rotatable bonds is 6. The molecule has 0 atom stereocenters. The van der Waals surface area contributed by atoms with Gasteiger partial charge in [-0.05, 0) is 18.2 Å². The van der Waals surface area contributed by atoms with Crippen LogP contribution in [0.3, 0.4) is 0 Å². The molecule has 1 fully saturated rings. The Morgan fingerprint density at radius 3 is 2.69 bits per heavy atom. The number of aryl methyl sites for hydroxylation is 1. The molecule has 1 saturated heterocycles. The number of imidazole rings is 1. The van der Waals surface area contributed by atoms with E-state index in [1.807, 2.05) is 17.3 Å². The fourth-order valence-electron chi connectivity index (χ4n) is 3.30. The van der Waals surface area contributed by atoms with Gasteiger partial charge in [-0.1, -0.05) is 18.5 Å². The third kappa shape index (κ3) is 4.19. The predicted molar refractivity (Wildman–Crippen MR) is 102 cm³/mol. The van der Waals surface area contributed by atoms with E-state index < -0.39 is 0 Å². The minimum atomic E-state index is -0.0214. The first-order chi connectivity index (χ1) is 12.6. The van der Waals surface area contributed by atoms with Gasteiger partial charge in [0.05, 0.1) is 12.7 Å². The van der Waals surface area contributed by atoms with Crippen LogP contribution in [-0.2, 0) is 13.0 Å². The van der Waals surface area contributed by atoms with Crippen molar-refractivity contribution in [3.8, 4) is 5.75 Å². The van der Waals surface area contributed by atoms with E-state index in [1.54, 1.807) is 25.3 Å². The van der Waals surface area contributed by atoms with Gasteiger partial charge in [0, 0.05) is 63.1 Å². The number of amides is 1. The van der Waals surface area contributed by atoms with Gasteiger partial charge in [0.25, 0.3) is 5.91 Å². The molecule has 1 aliphatic heterocycles. The van der Waals surface area contributed by atoms with Crippen molar-refractivity contribution in [1.82, 2.24) is 19.4 Å². The lowest BCUT2D eigenvalue weighted by Crippen LogP contribution is -2.49. The van der Waals surface area contributed by atoms with Crippen molar-refractivity contribution in [2.24, 2.45) is 0 Å². The molecule has 0 aliphatic carbocycles. The SMILES string of the molecule is CCc1nccn1CCN1CCN(C(=O)c2cc(Cl)ccc2OC)CC1. The second-order valence-electron chi connectivity index (χ2n) is 6.37. The highest BCUT2D eigenvalue weighted by atomic mass is 35.5. The summed E-state index contributed by atoms with van der Waals surface area (Å²) < 4.78 is 7.51. The monoisotopic (exact) mass is 376 g/mol. The molecule has 1 aliphatic rings. The van der Waals surface area contributed by atoms with Crippen LogP contribution in [-0.4, -0.2) is 65.1 Å². The van der Waals surface area contributed by atoms with Crippen LogP contribution in [0.25, 0.3) is 0 Å². The van der Waals surface area contributed by atoms with Crippen molar-refractivity contribution in [1.29, 1.82) is 0 Å². The molecular formula is C19H25ClN4O2. The summed E-state index contributed by atoms with van der Waals surface area (Å²) in [4.78, 5) is 21.4. The normalized spacial score (nSPS) is 15.3. The van der Waals surface area contributed by atoms with Crippen LogP contribution in [0.1, 0.15) is 23.1 Å². The highest BCUT2D eigenvalue weighted by Gasteiger charge is 2.24. The second-order valence-corrected chi connectivity index (χ2v) is 6.81. The lowest BCUT2D eigenvalue weighted by Gasteiger charge is -2.35. The summed E-state index contributed by atoms with van der Waals surface area (Å²) in [5, 5.41) is 0.542. The molecule has 2 aromatic rings. The van der Waals surface area contributed by atoms with E-state index in [9.17, 15) is 4.79 Å². The Morgan fingerprint density at radius 2 is 2.00 bits per heavy atom. The van der Waals surface area contributed by atoms with Crippen molar-refractivity contribution in [2.75, 3.05) is 39.8 Å². The van der Waals surface area contributed by atoms with Crippen LogP contribution < -0.4 is 4.74 Å². The van der Waals surface area contributed by atoms with E-state index in [0.29, 0.717) is 29.4 Å². The highest BCUT2D eigenvalue weighted by Crippen LogP contribution is 2.24. The minimum Gasteiger partial charge on any atom is -0.496 e. The Morgan fingerprint density at radius 1 is 1.23 bits per heavy atom. The fraction of sp³-hybridized carbons (Fsp3) is 0.474. The van der Waals surface area contributed by atoms with Crippen LogP contribution >= 0.6 is 11.6 Å². The number of carbonyl (C=O) groups excluding carboxylic acids is 1. The summed E-state index contributed by atoms with van der Waals surface area (Å²) in [5.41, 5.74) is 0.527. The lowest BCUT2D eigenvalue weighted by molar-refractivity contribution is 0.0630. The number of halogens is 1. The molecule has 140 valence electrons. The molecule has 1 aromatic carbocycles. The van der Waals surface area contributed by atoms with Crippen molar-refractivity contribution < 1.29 is 9.53 Å². The van der Waals surface area contributed by atoms with Crippen LogP contribution in [0.2, 0.25) is 5.02 Å². The Labute approximate surface area is 159 Å². The molecule has 3 rings (SSSR count). The van der Waals surface area contributed by atoms with Crippen molar-refractivity contribution >= 4 is 17.5 Å². The third-order valence-corrected chi connectivity index (χ3v) is 5.06. The van der Waals surface area contributed by atoms with Crippen molar-refractivity contribution in [2.45, 2.75) is 19.9 Å². The zero-order valence-electron chi connectivity index (χ0n) is 15.3.